The zero-order valence-electron chi connectivity index (χ0n) is 10.6. The van der Waals surface area contributed by atoms with Crippen LogP contribution in [0.5, 0.6) is 0 Å². The lowest BCUT2D eigenvalue weighted by Gasteiger charge is -2.05. The summed E-state index contributed by atoms with van der Waals surface area (Å²) >= 11 is 0. The standard InChI is InChI=1S/C13H26N2O/c1-2-3-4-5-6-7-8-9-10-14-13(16)15-11-12-15/h2-12H2,1H3,(H,14,16). The van der Waals surface area contributed by atoms with Gasteiger partial charge in [-0.1, -0.05) is 51.9 Å². The number of carbonyl (C=O) groups excluding carboxylic acids is 1. The molecule has 1 fully saturated rings. The lowest BCUT2D eigenvalue weighted by Crippen LogP contribution is -2.29. The van der Waals surface area contributed by atoms with Crippen molar-refractivity contribution in [1.29, 1.82) is 0 Å². The Labute approximate surface area is 99.6 Å². The van der Waals surface area contributed by atoms with E-state index in [1.807, 2.05) is 4.90 Å². The number of nitrogens with zero attached hydrogens (tertiary/aromatic N) is 1. The Kier molecular flexibility index (Phi) is 7.02. The summed E-state index contributed by atoms with van der Waals surface area (Å²) in [5, 5.41) is 2.94. The molecule has 1 saturated heterocycles. The van der Waals surface area contributed by atoms with Crippen LogP contribution in [0.4, 0.5) is 4.79 Å². The van der Waals surface area contributed by atoms with Crippen LogP contribution in [0.1, 0.15) is 58.3 Å². The Morgan fingerprint density at radius 3 is 2.12 bits per heavy atom. The SMILES string of the molecule is CCCCCCCCCCNC(=O)N1CC1. The van der Waals surface area contributed by atoms with Crippen molar-refractivity contribution in [3.63, 3.8) is 0 Å². The third kappa shape index (κ3) is 6.70. The fourth-order valence-electron chi connectivity index (χ4n) is 1.82. The van der Waals surface area contributed by atoms with Crippen LogP contribution in [-0.2, 0) is 0 Å². The van der Waals surface area contributed by atoms with Gasteiger partial charge in [-0.25, -0.2) is 4.79 Å². The Balaban J connectivity index is 1.72. The summed E-state index contributed by atoms with van der Waals surface area (Å²) in [5.41, 5.74) is 0. The maximum atomic E-state index is 11.2. The van der Waals surface area contributed by atoms with Crippen molar-refractivity contribution in [2.45, 2.75) is 58.3 Å². The highest BCUT2D eigenvalue weighted by Crippen LogP contribution is 2.08. The monoisotopic (exact) mass is 226 g/mol. The van der Waals surface area contributed by atoms with E-state index in [9.17, 15) is 4.79 Å². The second-order valence-electron chi connectivity index (χ2n) is 4.69. The highest BCUT2D eigenvalue weighted by molar-refractivity contribution is 5.76. The quantitative estimate of drug-likeness (QED) is 0.475. The van der Waals surface area contributed by atoms with E-state index in [0.717, 1.165) is 26.1 Å². The van der Waals surface area contributed by atoms with Gasteiger partial charge in [-0.3, -0.25) is 0 Å². The molecule has 94 valence electrons. The van der Waals surface area contributed by atoms with Crippen molar-refractivity contribution < 1.29 is 4.79 Å². The molecule has 0 unspecified atom stereocenters. The van der Waals surface area contributed by atoms with Gasteiger partial charge in [0.1, 0.15) is 0 Å². The molecule has 2 amide bonds. The first-order valence-corrected chi connectivity index (χ1v) is 6.87. The van der Waals surface area contributed by atoms with E-state index in [1.165, 1.54) is 44.9 Å². The first kappa shape index (κ1) is 13.3. The topological polar surface area (TPSA) is 32.1 Å². The predicted octanol–water partition coefficient (Wildman–Crippen LogP) is 3.15. The van der Waals surface area contributed by atoms with Gasteiger partial charge in [-0.2, -0.15) is 0 Å². The molecule has 3 heteroatoms. The zero-order valence-corrected chi connectivity index (χ0v) is 10.6. The number of carbonyl (C=O) groups is 1. The highest BCUT2D eigenvalue weighted by atomic mass is 16.2. The average molecular weight is 226 g/mol. The first-order valence-electron chi connectivity index (χ1n) is 6.87. The van der Waals surface area contributed by atoms with Crippen molar-refractivity contribution in [3.8, 4) is 0 Å². The lowest BCUT2D eigenvalue weighted by molar-refractivity contribution is 0.229. The maximum absolute atomic E-state index is 11.2. The average Bonchev–Trinajstić information content (AvgIpc) is 3.10. The summed E-state index contributed by atoms with van der Waals surface area (Å²) < 4.78 is 0. The normalized spacial score (nSPS) is 13.9. The van der Waals surface area contributed by atoms with Gasteiger partial charge >= 0.3 is 6.03 Å². The van der Waals surface area contributed by atoms with Gasteiger partial charge in [-0.15, -0.1) is 0 Å². The van der Waals surface area contributed by atoms with Crippen molar-refractivity contribution in [1.82, 2.24) is 10.2 Å². The summed E-state index contributed by atoms with van der Waals surface area (Å²) in [6, 6.07) is 0.128. The van der Waals surface area contributed by atoms with Crippen LogP contribution < -0.4 is 5.32 Å². The van der Waals surface area contributed by atoms with Crippen LogP contribution in [0, 0.1) is 0 Å². The van der Waals surface area contributed by atoms with Crippen LogP contribution >= 0.6 is 0 Å². The molecule has 1 heterocycles. The molecule has 3 nitrogen and oxygen atoms in total. The summed E-state index contributed by atoms with van der Waals surface area (Å²) in [5.74, 6) is 0. The van der Waals surface area contributed by atoms with Crippen LogP contribution in [0.15, 0.2) is 0 Å². The molecule has 1 N–H and O–H groups in total. The largest absolute Gasteiger partial charge is 0.338 e. The number of urea groups is 1. The molecular weight excluding hydrogens is 200 g/mol. The molecule has 0 aromatic carbocycles. The molecule has 0 aromatic heterocycles. The molecule has 16 heavy (non-hydrogen) atoms. The lowest BCUT2D eigenvalue weighted by atomic mass is 10.1. The number of rotatable bonds is 9. The fraction of sp³-hybridized carbons (Fsp3) is 0.923. The number of amides is 2. The Morgan fingerprint density at radius 1 is 1.00 bits per heavy atom. The minimum atomic E-state index is 0.128. The zero-order chi connectivity index (χ0) is 11.6. The Morgan fingerprint density at radius 2 is 1.56 bits per heavy atom. The van der Waals surface area contributed by atoms with E-state index in [1.54, 1.807) is 0 Å². The van der Waals surface area contributed by atoms with Gasteiger partial charge in [0.25, 0.3) is 0 Å². The first-order chi connectivity index (χ1) is 7.84. The molecule has 0 saturated carbocycles. The summed E-state index contributed by atoms with van der Waals surface area (Å²) in [7, 11) is 0. The predicted molar refractivity (Wildman–Crippen MR) is 67.6 cm³/mol. The minimum absolute atomic E-state index is 0.128. The molecule has 0 aliphatic carbocycles. The van der Waals surface area contributed by atoms with Crippen molar-refractivity contribution in [2.24, 2.45) is 0 Å². The van der Waals surface area contributed by atoms with Gasteiger partial charge in [0, 0.05) is 19.6 Å². The van der Waals surface area contributed by atoms with Crippen LogP contribution in [0.2, 0.25) is 0 Å². The number of hydrogen-bond donors (Lipinski definition) is 1. The molecule has 0 atom stereocenters. The summed E-state index contributed by atoms with van der Waals surface area (Å²) in [6.45, 7) is 5.00. The van der Waals surface area contributed by atoms with Gasteiger partial charge in [0.2, 0.25) is 0 Å². The number of unbranched alkanes of at least 4 members (excludes halogenated alkanes) is 7. The van der Waals surface area contributed by atoms with Gasteiger partial charge in [0.05, 0.1) is 0 Å². The van der Waals surface area contributed by atoms with Gasteiger partial charge < -0.3 is 10.2 Å². The second kappa shape index (κ2) is 8.43. The second-order valence-corrected chi connectivity index (χ2v) is 4.69. The van der Waals surface area contributed by atoms with E-state index >= 15 is 0 Å². The fourth-order valence-corrected chi connectivity index (χ4v) is 1.82. The van der Waals surface area contributed by atoms with Crippen molar-refractivity contribution >= 4 is 6.03 Å². The molecule has 1 aliphatic heterocycles. The molecule has 0 bridgehead atoms. The van der Waals surface area contributed by atoms with E-state index in [4.69, 9.17) is 0 Å². The molecule has 0 spiro atoms. The van der Waals surface area contributed by atoms with Crippen LogP contribution in [0.25, 0.3) is 0 Å². The third-order valence-electron chi connectivity index (χ3n) is 3.04. The molecule has 1 rings (SSSR count). The van der Waals surface area contributed by atoms with Crippen molar-refractivity contribution in [3.05, 3.63) is 0 Å². The molecule has 1 aliphatic rings. The summed E-state index contributed by atoms with van der Waals surface area (Å²) in [6.07, 6.45) is 10.5. The molecule has 0 radical (unpaired) electrons. The minimum Gasteiger partial charge on any atom is -0.338 e. The van der Waals surface area contributed by atoms with Crippen LogP contribution in [0.3, 0.4) is 0 Å². The van der Waals surface area contributed by atoms with E-state index < -0.39 is 0 Å². The highest BCUT2D eigenvalue weighted by Gasteiger charge is 2.22. The van der Waals surface area contributed by atoms with Gasteiger partial charge in [0.15, 0.2) is 0 Å². The van der Waals surface area contributed by atoms with E-state index in [2.05, 4.69) is 12.2 Å². The number of hydrogen-bond acceptors (Lipinski definition) is 1. The van der Waals surface area contributed by atoms with Gasteiger partial charge in [-0.05, 0) is 6.42 Å². The molecule has 0 aromatic rings. The van der Waals surface area contributed by atoms with Crippen LogP contribution in [-0.4, -0.2) is 30.6 Å². The molecular formula is C13H26N2O. The third-order valence-corrected chi connectivity index (χ3v) is 3.04. The Bertz CT molecular complexity index is 190. The van der Waals surface area contributed by atoms with E-state index in [0.29, 0.717) is 0 Å². The van der Waals surface area contributed by atoms with E-state index in [-0.39, 0.29) is 6.03 Å². The maximum Gasteiger partial charge on any atom is 0.317 e. The Hall–Kier alpha value is -0.730. The smallest absolute Gasteiger partial charge is 0.317 e. The summed E-state index contributed by atoms with van der Waals surface area (Å²) in [4.78, 5) is 13.1. The number of nitrogens with one attached hydrogen (secondary N) is 1. The van der Waals surface area contributed by atoms with Crippen molar-refractivity contribution in [2.75, 3.05) is 19.6 Å².